The summed E-state index contributed by atoms with van der Waals surface area (Å²) in [6, 6.07) is -0.327. The van der Waals surface area contributed by atoms with Crippen molar-refractivity contribution in [1.29, 1.82) is 0 Å². The van der Waals surface area contributed by atoms with Gasteiger partial charge in [0.1, 0.15) is 6.04 Å². The number of amides is 2. The highest BCUT2D eigenvalue weighted by Gasteiger charge is 2.33. The van der Waals surface area contributed by atoms with Gasteiger partial charge in [-0.2, -0.15) is 0 Å². The average molecular weight is 196 g/mol. The van der Waals surface area contributed by atoms with Crippen LogP contribution in [0, 0.1) is 0 Å². The molecule has 1 aliphatic rings. The molecule has 0 radical (unpaired) electrons. The lowest BCUT2D eigenvalue weighted by Crippen LogP contribution is -2.59. The van der Waals surface area contributed by atoms with Crippen molar-refractivity contribution in [3.8, 4) is 0 Å². The topological polar surface area (TPSA) is 49.4 Å². The van der Waals surface area contributed by atoms with E-state index >= 15 is 0 Å². The van der Waals surface area contributed by atoms with Crippen molar-refractivity contribution in [2.45, 2.75) is 32.4 Å². The van der Waals surface area contributed by atoms with Crippen molar-refractivity contribution >= 4 is 11.8 Å². The zero-order valence-corrected chi connectivity index (χ0v) is 8.62. The molecule has 2 amide bonds. The van der Waals surface area contributed by atoms with E-state index in [0.717, 1.165) is 0 Å². The molecule has 78 valence electrons. The third kappa shape index (κ3) is 1.95. The van der Waals surface area contributed by atoms with Gasteiger partial charge in [0.2, 0.25) is 11.8 Å². The lowest BCUT2D eigenvalue weighted by Gasteiger charge is -2.37. The van der Waals surface area contributed by atoms with Crippen molar-refractivity contribution < 1.29 is 9.59 Å². The maximum Gasteiger partial charge on any atom is 0.242 e. The van der Waals surface area contributed by atoms with Gasteiger partial charge in [0.25, 0.3) is 0 Å². The highest BCUT2D eigenvalue weighted by Crippen LogP contribution is 2.12. The van der Waals surface area contributed by atoms with Crippen LogP contribution in [0.2, 0.25) is 0 Å². The molecule has 2 unspecified atom stereocenters. The van der Waals surface area contributed by atoms with Crippen LogP contribution in [-0.4, -0.2) is 35.3 Å². The molecular weight excluding hydrogens is 180 g/mol. The van der Waals surface area contributed by atoms with Gasteiger partial charge in [0.15, 0.2) is 0 Å². The van der Waals surface area contributed by atoms with Crippen molar-refractivity contribution in [2.75, 3.05) is 6.54 Å². The number of hydrogen-bond donors (Lipinski definition) is 1. The fourth-order valence-electron chi connectivity index (χ4n) is 1.73. The third-order valence-corrected chi connectivity index (χ3v) is 2.48. The van der Waals surface area contributed by atoms with Crippen LogP contribution in [0.1, 0.15) is 20.3 Å². The van der Waals surface area contributed by atoms with Crippen molar-refractivity contribution in [1.82, 2.24) is 10.2 Å². The minimum atomic E-state index is -0.369. The Kier molecular flexibility index (Phi) is 3.28. The molecule has 4 heteroatoms. The second kappa shape index (κ2) is 4.26. The minimum absolute atomic E-state index is 0.0218. The smallest absolute Gasteiger partial charge is 0.242 e. The molecule has 14 heavy (non-hydrogen) atoms. The standard InChI is InChI=1S/C10H16N2O2/c1-4-5-7(2)12-8(3)10(14)11-6-9(12)13/h4,7-8H,1,5-6H2,2-3H3,(H,11,14). The van der Waals surface area contributed by atoms with Crippen molar-refractivity contribution in [2.24, 2.45) is 0 Å². The molecule has 1 heterocycles. The van der Waals surface area contributed by atoms with Crippen LogP contribution in [0.3, 0.4) is 0 Å². The maximum atomic E-state index is 11.5. The summed E-state index contributed by atoms with van der Waals surface area (Å²) < 4.78 is 0. The third-order valence-electron chi connectivity index (χ3n) is 2.48. The quantitative estimate of drug-likeness (QED) is 0.660. The van der Waals surface area contributed by atoms with E-state index in [1.54, 1.807) is 17.9 Å². The summed E-state index contributed by atoms with van der Waals surface area (Å²) in [7, 11) is 0. The van der Waals surface area contributed by atoms with Crippen molar-refractivity contribution in [3.63, 3.8) is 0 Å². The Balaban J connectivity index is 2.76. The van der Waals surface area contributed by atoms with E-state index < -0.39 is 0 Å². The number of carbonyl (C=O) groups excluding carboxylic acids is 2. The van der Waals surface area contributed by atoms with Gasteiger partial charge in [-0.1, -0.05) is 6.08 Å². The first-order valence-corrected chi connectivity index (χ1v) is 4.77. The number of hydrogen-bond acceptors (Lipinski definition) is 2. The molecule has 1 fully saturated rings. The van der Waals surface area contributed by atoms with Gasteiger partial charge in [0, 0.05) is 6.04 Å². The highest BCUT2D eigenvalue weighted by atomic mass is 16.2. The van der Waals surface area contributed by atoms with E-state index in [0.29, 0.717) is 6.42 Å². The van der Waals surface area contributed by atoms with Crippen molar-refractivity contribution in [3.05, 3.63) is 12.7 Å². The van der Waals surface area contributed by atoms with Gasteiger partial charge < -0.3 is 10.2 Å². The Hall–Kier alpha value is -1.32. The normalized spacial score (nSPS) is 24.4. The number of carbonyl (C=O) groups is 2. The van der Waals surface area contributed by atoms with E-state index in [4.69, 9.17) is 0 Å². The second-order valence-corrected chi connectivity index (χ2v) is 3.57. The van der Waals surface area contributed by atoms with E-state index in [9.17, 15) is 9.59 Å². The first-order chi connectivity index (χ1) is 6.57. The molecule has 0 aliphatic carbocycles. The molecule has 0 spiro atoms. The first-order valence-electron chi connectivity index (χ1n) is 4.77. The zero-order chi connectivity index (χ0) is 10.7. The molecule has 0 aromatic heterocycles. The van der Waals surface area contributed by atoms with E-state index in [1.807, 2.05) is 6.92 Å². The van der Waals surface area contributed by atoms with Gasteiger partial charge in [-0.3, -0.25) is 9.59 Å². The summed E-state index contributed by atoms with van der Waals surface area (Å²) in [6.45, 7) is 7.41. The van der Waals surface area contributed by atoms with Crippen LogP contribution < -0.4 is 5.32 Å². The Bertz CT molecular complexity index is 263. The summed E-state index contributed by atoms with van der Waals surface area (Å²) in [6.07, 6.45) is 2.47. The van der Waals surface area contributed by atoms with E-state index in [2.05, 4.69) is 11.9 Å². The summed E-state index contributed by atoms with van der Waals surface area (Å²) in [5, 5.41) is 2.55. The lowest BCUT2D eigenvalue weighted by atomic mass is 10.1. The monoisotopic (exact) mass is 196 g/mol. The summed E-state index contributed by atoms with van der Waals surface area (Å²) in [5.41, 5.74) is 0. The van der Waals surface area contributed by atoms with Gasteiger partial charge in [-0.25, -0.2) is 0 Å². The summed E-state index contributed by atoms with van der Waals surface area (Å²) >= 11 is 0. The largest absolute Gasteiger partial charge is 0.345 e. The first kappa shape index (κ1) is 10.8. The molecular formula is C10H16N2O2. The maximum absolute atomic E-state index is 11.5. The van der Waals surface area contributed by atoms with Crippen LogP contribution >= 0.6 is 0 Å². The predicted octanol–water partition coefficient (Wildman–Crippen LogP) is 0.298. The molecule has 1 rings (SSSR count). The number of nitrogens with zero attached hydrogens (tertiary/aromatic N) is 1. The van der Waals surface area contributed by atoms with Gasteiger partial charge in [0.05, 0.1) is 6.54 Å². The Labute approximate surface area is 84.0 Å². The molecule has 0 bridgehead atoms. The number of nitrogens with one attached hydrogen (secondary N) is 1. The Morgan fingerprint density at radius 1 is 1.71 bits per heavy atom. The fourth-order valence-corrected chi connectivity index (χ4v) is 1.73. The second-order valence-electron chi connectivity index (χ2n) is 3.57. The molecule has 0 saturated carbocycles. The van der Waals surface area contributed by atoms with E-state index in [1.165, 1.54) is 0 Å². The summed E-state index contributed by atoms with van der Waals surface area (Å²) in [4.78, 5) is 24.5. The van der Waals surface area contributed by atoms with E-state index in [-0.39, 0.29) is 30.4 Å². The molecule has 1 N–H and O–H groups in total. The highest BCUT2D eigenvalue weighted by molar-refractivity contribution is 5.94. The molecule has 1 saturated heterocycles. The van der Waals surface area contributed by atoms with Crippen LogP contribution in [0.25, 0.3) is 0 Å². The van der Waals surface area contributed by atoms with Crippen LogP contribution in [0.5, 0.6) is 0 Å². The SMILES string of the molecule is C=CCC(C)N1C(=O)CNC(=O)C1C. The number of rotatable bonds is 3. The zero-order valence-electron chi connectivity index (χ0n) is 8.62. The van der Waals surface area contributed by atoms with Crippen LogP contribution in [0.4, 0.5) is 0 Å². The van der Waals surface area contributed by atoms with Crippen LogP contribution in [0.15, 0.2) is 12.7 Å². The minimum Gasteiger partial charge on any atom is -0.345 e. The Morgan fingerprint density at radius 3 is 2.93 bits per heavy atom. The summed E-state index contributed by atoms with van der Waals surface area (Å²) in [5.74, 6) is -0.105. The predicted molar refractivity (Wildman–Crippen MR) is 53.6 cm³/mol. The molecule has 4 nitrogen and oxygen atoms in total. The molecule has 0 aromatic carbocycles. The molecule has 0 aromatic rings. The lowest BCUT2D eigenvalue weighted by molar-refractivity contribution is -0.147. The fraction of sp³-hybridized carbons (Fsp3) is 0.600. The van der Waals surface area contributed by atoms with Gasteiger partial charge >= 0.3 is 0 Å². The van der Waals surface area contributed by atoms with Gasteiger partial charge in [-0.15, -0.1) is 6.58 Å². The molecule has 2 atom stereocenters. The van der Waals surface area contributed by atoms with Crippen LogP contribution in [-0.2, 0) is 9.59 Å². The molecule has 1 aliphatic heterocycles. The Morgan fingerprint density at radius 2 is 2.36 bits per heavy atom. The van der Waals surface area contributed by atoms with Gasteiger partial charge in [-0.05, 0) is 20.3 Å². The average Bonchev–Trinajstić information content (AvgIpc) is 2.13. The number of piperazine rings is 1.